The van der Waals surface area contributed by atoms with Gasteiger partial charge >= 0.3 is 7.12 Å². The first kappa shape index (κ1) is 11.1. The van der Waals surface area contributed by atoms with Gasteiger partial charge in [-0.05, 0) is 29.6 Å². The minimum atomic E-state index is -0.873. The van der Waals surface area contributed by atoms with Gasteiger partial charge in [-0.15, -0.1) is 0 Å². The van der Waals surface area contributed by atoms with E-state index >= 15 is 0 Å². The molecular formula is C11H11BN2O4. The maximum absolute atomic E-state index is 9.72. The predicted molar refractivity (Wildman–Crippen MR) is 64.5 cm³/mol. The molecule has 3 rings (SSSR count). The third-order valence-electron chi connectivity index (χ3n) is 2.74. The molecule has 0 radical (unpaired) electrons. The molecular weight excluding hydrogens is 235 g/mol. The van der Waals surface area contributed by atoms with Gasteiger partial charge in [0.05, 0.1) is 5.69 Å². The molecule has 18 heavy (non-hydrogen) atoms. The lowest BCUT2D eigenvalue weighted by Gasteiger charge is -2.19. The molecule has 0 bridgehead atoms. The van der Waals surface area contributed by atoms with E-state index in [1.54, 1.807) is 6.07 Å². The summed E-state index contributed by atoms with van der Waals surface area (Å²) in [6, 6.07) is 5.60. The Morgan fingerprint density at radius 2 is 2.39 bits per heavy atom. The lowest BCUT2D eigenvalue weighted by Crippen LogP contribution is -2.41. The second-order valence-corrected chi connectivity index (χ2v) is 3.92. The number of nitrogens with zero attached hydrogens (tertiary/aromatic N) is 1. The van der Waals surface area contributed by atoms with Gasteiger partial charge in [0.15, 0.2) is 12.7 Å². The molecule has 0 amide bonds. The molecule has 0 fully saturated rings. The summed E-state index contributed by atoms with van der Waals surface area (Å²) in [5.41, 5.74) is 5.28. The molecule has 0 spiro atoms. The first-order chi connectivity index (χ1) is 8.83. The SMILES string of the molecule is OB1OCCc2ccc(NOc3cocn3)cc21. The maximum atomic E-state index is 9.72. The van der Waals surface area contributed by atoms with Gasteiger partial charge < -0.3 is 18.9 Å². The van der Waals surface area contributed by atoms with E-state index in [-0.39, 0.29) is 0 Å². The van der Waals surface area contributed by atoms with Crippen molar-refractivity contribution in [3.8, 4) is 5.88 Å². The summed E-state index contributed by atoms with van der Waals surface area (Å²) in [7, 11) is -0.873. The molecule has 0 saturated heterocycles. The molecule has 0 unspecified atom stereocenters. The Morgan fingerprint density at radius 1 is 1.44 bits per heavy atom. The molecule has 0 aliphatic carbocycles. The number of oxazole rings is 1. The van der Waals surface area contributed by atoms with Crippen molar-refractivity contribution in [1.29, 1.82) is 0 Å². The molecule has 0 atom stereocenters. The van der Waals surface area contributed by atoms with Crippen LogP contribution in [-0.4, -0.2) is 23.7 Å². The number of nitrogens with one attached hydrogen (secondary N) is 1. The first-order valence-corrected chi connectivity index (χ1v) is 5.56. The van der Waals surface area contributed by atoms with Crippen molar-refractivity contribution < 1.29 is 18.9 Å². The van der Waals surface area contributed by atoms with E-state index in [2.05, 4.69) is 10.5 Å². The molecule has 1 aromatic heterocycles. The van der Waals surface area contributed by atoms with Gasteiger partial charge in [0.2, 0.25) is 0 Å². The average molecular weight is 246 g/mol. The quantitative estimate of drug-likeness (QED) is 0.600. The van der Waals surface area contributed by atoms with E-state index < -0.39 is 7.12 Å². The largest absolute Gasteiger partial charge is 0.491 e. The Morgan fingerprint density at radius 3 is 3.22 bits per heavy atom. The van der Waals surface area contributed by atoms with Gasteiger partial charge in [0.1, 0.15) is 0 Å². The molecule has 1 aromatic carbocycles. The van der Waals surface area contributed by atoms with E-state index in [4.69, 9.17) is 13.9 Å². The van der Waals surface area contributed by atoms with Crippen LogP contribution in [0.2, 0.25) is 0 Å². The van der Waals surface area contributed by atoms with E-state index in [1.165, 1.54) is 12.7 Å². The highest BCUT2D eigenvalue weighted by Crippen LogP contribution is 2.14. The van der Waals surface area contributed by atoms with E-state index in [1.807, 2.05) is 12.1 Å². The van der Waals surface area contributed by atoms with Crippen LogP contribution in [0.5, 0.6) is 5.88 Å². The smallest absolute Gasteiger partial charge is 0.448 e. The highest BCUT2D eigenvalue weighted by atomic mass is 16.7. The fourth-order valence-corrected chi connectivity index (χ4v) is 1.85. The zero-order valence-electron chi connectivity index (χ0n) is 9.50. The lowest BCUT2D eigenvalue weighted by atomic mass is 9.73. The molecule has 2 aromatic rings. The summed E-state index contributed by atoms with van der Waals surface area (Å²) in [5.74, 6) is 0.338. The van der Waals surface area contributed by atoms with Crippen molar-refractivity contribution in [2.45, 2.75) is 6.42 Å². The van der Waals surface area contributed by atoms with Crippen molar-refractivity contribution in [3.05, 3.63) is 36.4 Å². The van der Waals surface area contributed by atoms with E-state index in [0.29, 0.717) is 18.2 Å². The highest BCUT2D eigenvalue weighted by molar-refractivity contribution is 6.61. The third kappa shape index (κ3) is 2.18. The van der Waals surface area contributed by atoms with Crippen LogP contribution in [0.1, 0.15) is 5.56 Å². The molecule has 92 valence electrons. The average Bonchev–Trinajstić information content (AvgIpc) is 2.90. The van der Waals surface area contributed by atoms with E-state index in [9.17, 15) is 5.02 Å². The molecule has 0 saturated carbocycles. The normalized spacial score (nSPS) is 14.2. The standard InChI is InChI=1S/C11H11BN2O4/c15-12-10-5-9(2-1-8(10)3-4-17-12)14-18-11-6-16-7-13-11/h1-2,5-7,14-15H,3-4H2. The minimum absolute atomic E-state index is 0.338. The molecule has 7 heteroatoms. The Hall–Kier alpha value is -1.99. The van der Waals surface area contributed by atoms with Crippen molar-refractivity contribution in [1.82, 2.24) is 4.98 Å². The maximum Gasteiger partial charge on any atom is 0.491 e. The highest BCUT2D eigenvalue weighted by Gasteiger charge is 2.24. The molecule has 2 N–H and O–H groups in total. The topological polar surface area (TPSA) is 76.8 Å². The number of benzene rings is 1. The van der Waals surface area contributed by atoms with Crippen LogP contribution < -0.4 is 15.8 Å². The molecule has 1 aliphatic rings. The van der Waals surface area contributed by atoms with Crippen molar-refractivity contribution >= 4 is 18.3 Å². The molecule has 2 heterocycles. The Kier molecular flexibility index (Phi) is 2.91. The third-order valence-corrected chi connectivity index (χ3v) is 2.74. The van der Waals surface area contributed by atoms with Crippen LogP contribution in [0.15, 0.2) is 35.3 Å². The Bertz CT molecular complexity index is 532. The second-order valence-electron chi connectivity index (χ2n) is 3.92. The summed E-state index contributed by atoms with van der Waals surface area (Å²) in [5, 5.41) is 9.72. The second kappa shape index (κ2) is 4.71. The van der Waals surface area contributed by atoms with Gasteiger partial charge in [-0.25, -0.2) is 5.48 Å². The van der Waals surface area contributed by atoms with E-state index in [0.717, 1.165) is 17.4 Å². The fraction of sp³-hybridized carbons (Fsp3) is 0.182. The summed E-state index contributed by atoms with van der Waals surface area (Å²) in [6.07, 6.45) is 3.46. The van der Waals surface area contributed by atoms with Gasteiger partial charge in [-0.3, -0.25) is 0 Å². The molecule has 6 nitrogen and oxygen atoms in total. The Balaban J connectivity index is 1.75. The van der Waals surface area contributed by atoms with Crippen molar-refractivity contribution in [3.63, 3.8) is 0 Å². The van der Waals surface area contributed by atoms with Crippen LogP contribution in [0.3, 0.4) is 0 Å². The van der Waals surface area contributed by atoms with Crippen LogP contribution >= 0.6 is 0 Å². The zero-order chi connectivity index (χ0) is 12.4. The number of hydrogen-bond donors (Lipinski definition) is 2. The number of anilines is 1. The first-order valence-electron chi connectivity index (χ1n) is 5.56. The van der Waals surface area contributed by atoms with Crippen molar-refractivity contribution in [2.75, 3.05) is 12.1 Å². The Labute approximate surface area is 104 Å². The van der Waals surface area contributed by atoms with Gasteiger partial charge in [-0.2, -0.15) is 4.98 Å². The summed E-state index contributed by atoms with van der Waals surface area (Å²) >= 11 is 0. The van der Waals surface area contributed by atoms with Crippen molar-refractivity contribution in [2.24, 2.45) is 0 Å². The van der Waals surface area contributed by atoms with Gasteiger partial charge in [0.25, 0.3) is 5.88 Å². The number of fused-ring (bicyclic) bond motifs is 1. The van der Waals surface area contributed by atoms with Crippen LogP contribution in [0.4, 0.5) is 5.69 Å². The number of hydrogen-bond acceptors (Lipinski definition) is 6. The fourth-order valence-electron chi connectivity index (χ4n) is 1.85. The number of rotatable bonds is 3. The minimum Gasteiger partial charge on any atom is -0.448 e. The summed E-state index contributed by atoms with van der Waals surface area (Å²) < 4.78 is 9.94. The van der Waals surface area contributed by atoms with Crippen LogP contribution in [-0.2, 0) is 11.1 Å². The summed E-state index contributed by atoms with van der Waals surface area (Å²) in [4.78, 5) is 8.99. The number of aromatic nitrogens is 1. The predicted octanol–water partition coefficient (Wildman–Crippen LogP) is 0.341. The summed E-state index contributed by atoms with van der Waals surface area (Å²) in [6.45, 7) is 0.538. The van der Waals surface area contributed by atoms with Crippen LogP contribution in [0, 0.1) is 0 Å². The molecule has 1 aliphatic heterocycles. The zero-order valence-corrected chi connectivity index (χ0v) is 9.50. The lowest BCUT2D eigenvalue weighted by molar-refractivity contribution is 0.266. The van der Waals surface area contributed by atoms with Gasteiger partial charge in [0, 0.05) is 6.61 Å². The van der Waals surface area contributed by atoms with Gasteiger partial charge in [-0.1, -0.05) is 6.07 Å². The van der Waals surface area contributed by atoms with Crippen LogP contribution in [0.25, 0.3) is 0 Å². The monoisotopic (exact) mass is 246 g/mol.